The minimum Gasteiger partial charge on any atom is -0.494 e. The van der Waals surface area contributed by atoms with Crippen LogP contribution in [0.15, 0.2) is 24.3 Å². The number of hydrogen-bond acceptors (Lipinski definition) is 3. The topological polar surface area (TPSA) is 24.5 Å². The van der Waals surface area contributed by atoms with Crippen LogP contribution in [0.2, 0.25) is 0 Å². The molecule has 1 aliphatic heterocycles. The van der Waals surface area contributed by atoms with Crippen molar-refractivity contribution in [1.82, 2.24) is 5.32 Å². The molecule has 0 amide bonds. The summed E-state index contributed by atoms with van der Waals surface area (Å²) in [5, 5.41) is 3.39. The molecular formula is C15H24N2O. The van der Waals surface area contributed by atoms with Crippen molar-refractivity contribution in [2.75, 3.05) is 25.1 Å². The first-order valence-corrected chi connectivity index (χ1v) is 6.91. The van der Waals surface area contributed by atoms with Gasteiger partial charge < -0.3 is 15.0 Å². The van der Waals surface area contributed by atoms with Crippen LogP contribution in [0.3, 0.4) is 0 Å². The predicted octanol–water partition coefficient (Wildman–Crippen LogP) is 2.66. The van der Waals surface area contributed by atoms with Gasteiger partial charge in [0, 0.05) is 30.4 Å². The Bertz CT molecular complexity index is 381. The Hall–Kier alpha value is -1.22. The maximum absolute atomic E-state index is 5.58. The van der Waals surface area contributed by atoms with E-state index in [1.54, 1.807) is 0 Å². The number of rotatable bonds is 4. The zero-order valence-electron chi connectivity index (χ0n) is 11.6. The van der Waals surface area contributed by atoms with Crippen LogP contribution in [-0.4, -0.2) is 32.3 Å². The highest BCUT2D eigenvalue weighted by atomic mass is 16.5. The van der Waals surface area contributed by atoms with Crippen LogP contribution >= 0.6 is 0 Å². The molecule has 1 aliphatic rings. The Morgan fingerprint density at radius 2 is 2.28 bits per heavy atom. The van der Waals surface area contributed by atoms with Gasteiger partial charge in [0.25, 0.3) is 0 Å². The first kappa shape index (κ1) is 13.2. The molecule has 1 aromatic rings. The number of piperidine rings is 1. The molecular weight excluding hydrogens is 224 g/mol. The van der Waals surface area contributed by atoms with Gasteiger partial charge in [-0.15, -0.1) is 0 Å². The molecule has 0 saturated carbocycles. The van der Waals surface area contributed by atoms with E-state index < -0.39 is 0 Å². The molecule has 2 atom stereocenters. The molecule has 0 aromatic heterocycles. The minimum absolute atomic E-state index is 0.577. The number of anilines is 1. The maximum atomic E-state index is 5.58. The van der Waals surface area contributed by atoms with E-state index >= 15 is 0 Å². The van der Waals surface area contributed by atoms with Crippen LogP contribution in [0.25, 0.3) is 0 Å². The molecule has 1 fully saturated rings. The highest BCUT2D eigenvalue weighted by Gasteiger charge is 2.24. The standard InChI is InChI=1S/C15H24N2O/c1-4-18-15-7-5-6-14(11-15)17-9-8-13(16-3)10-12(17)2/h5-7,11-13,16H,4,8-10H2,1-3H3. The van der Waals surface area contributed by atoms with Gasteiger partial charge in [0.1, 0.15) is 5.75 Å². The van der Waals surface area contributed by atoms with Crippen molar-refractivity contribution in [3.05, 3.63) is 24.3 Å². The highest BCUT2D eigenvalue weighted by Crippen LogP contribution is 2.27. The molecule has 0 aliphatic carbocycles. The summed E-state index contributed by atoms with van der Waals surface area (Å²) in [4.78, 5) is 2.48. The Labute approximate surface area is 110 Å². The molecule has 100 valence electrons. The molecule has 1 N–H and O–H groups in total. The van der Waals surface area contributed by atoms with Crippen LogP contribution in [0.1, 0.15) is 26.7 Å². The summed E-state index contributed by atoms with van der Waals surface area (Å²) < 4.78 is 5.58. The third-order valence-electron chi connectivity index (χ3n) is 3.74. The quantitative estimate of drug-likeness (QED) is 0.886. The monoisotopic (exact) mass is 248 g/mol. The van der Waals surface area contributed by atoms with E-state index in [-0.39, 0.29) is 0 Å². The third-order valence-corrected chi connectivity index (χ3v) is 3.74. The van der Waals surface area contributed by atoms with Gasteiger partial charge in [-0.05, 0) is 45.9 Å². The van der Waals surface area contributed by atoms with Crippen LogP contribution in [0.5, 0.6) is 5.75 Å². The largest absolute Gasteiger partial charge is 0.494 e. The van der Waals surface area contributed by atoms with Gasteiger partial charge in [0.2, 0.25) is 0 Å². The maximum Gasteiger partial charge on any atom is 0.121 e. The lowest BCUT2D eigenvalue weighted by Gasteiger charge is -2.39. The summed E-state index contributed by atoms with van der Waals surface area (Å²) >= 11 is 0. The fourth-order valence-corrected chi connectivity index (χ4v) is 2.74. The van der Waals surface area contributed by atoms with Gasteiger partial charge in [-0.3, -0.25) is 0 Å². The molecule has 0 bridgehead atoms. The van der Waals surface area contributed by atoms with Crippen LogP contribution < -0.4 is 15.0 Å². The van der Waals surface area contributed by atoms with Crippen molar-refractivity contribution in [2.45, 2.75) is 38.8 Å². The summed E-state index contributed by atoms with van der Waals surface area (Å²) in [6.07, 6.45) is 2.41. The average molecular weight is 248 g/mol. The zero-order chi connectivity index (χ0) is 13.0. The molecule has 3 nitrogen and oxygen atoms in total. The van der Waals surface area contributed by atoms with E-state index in [0.29, 0.717) is 12.1 Å². The molecule has 1 heterocycles. The lowest BCUT2D eigenvalue weighted by atomic mass is 9.98. The van der Waals surface area contributed by atoms with Crippen molar-refractivity contribution < 1.29 is 4.74 Å². The Balaban J connectivity index is 2.09. The minimum atomic E-state index is 0.577. The van der Waals surface area contributed by atoms with Crippen LogP contribution in [-0.2, 0) is 0 Å². The van der Waals surface area contributed by atoms with Gasteiger partial charge >= 0.3 is 0 Å². The molecule has 0 radical (unpaired) electrons. The fourth-order valence-electron chi connectivity index (χ4n) is 2.74. The van der Waals surface area contributed by atoms with Crippen LogP contribution in [0, 0.1) is 0 Å². The van der Waals surface area contributed by atoms with Gasteiger partial charge in [-0.25, -0.2) is 0 Å². The van der Waals surface area contributed by atoms with Crippen molar-refractivity contribution in [2.24, 2.45) is 0 Å². The van der Waals surface area contributed by atoms with E-state index in [9.17, 15) is 0 Å². The van der Waals surface area contributed by atoms with Crippen molar-refractivity contribution in [1.29, 1.82) is 0 Å². The van der Waals surface area contributed by atoms with E-state index in [4.69, 9.17) is 4.74 Å². The zero-order valence-corrected chi connectivity index (χ0v) is 11.6. The molecule has 0 spiro atoms. The summed E-state index contributed by atoms with van der Waals surface area (Å²) in [7, 11) is 2.06. The first-order chi connectivity index (χ1) is 8.74. The van der Waals surface area contributed by atoms with Crippen molar-refractivity contribution >= 4 is 5.69 Å². The summed E-state index contributed by atoms with van der Waals surface area (Å²) in [6.45, 7) is 6.16. The summed E-state index contributed by atoms with van der Waals surface area (Å²) in [5.74, 6) is 0.970. The van der Waals surface area contributed by atoms with E-state index in [1.165, 1.54) is 18.5 Å². The normalized spacial score (nSPS) is 24.1. The Kier molecular flexibility index (Phi) is 4.48. The van der Waals surface area contributed by atoms with Gasteiger partial charge in [0.15, 0.2) is 0 Å². The molecule has 3 heteroatoms. The number of nitrogens with zero attached hydrogens (tertiary/aromatic N) is 1. The molecule has 2 rings (SSSR count). The smallest absolute Gasteiger partial charge is 0.121 e. The fraction of sp³-hybridized carbons (Fsp3) is 0.600. The van der Waals surface area contributed by atoms with E-state index in [0.717, 1.165) is 18.9 Å². The van der Waals surface area contributed by atoms with Crippen molar-refractivity contribution in [3.8, 4) is 5.75 Å². The van der Waals surface area contributed by atoms with Gasteiger partial charge in [-0.1, -0.05) is 6.07 Å². The SMILES string of the molecule is CCOc1cccc(N2CCC(NC)CC2C)c1. The van der Waals surface area contributed by atoms with Gasteiger partial charge in [-0.2, -0.15) is 0 Å². The number of benzene rings is 1. The first-order valence-electron chi connectivity index (χ1n) is 6.91. The third kappa shape index (κ3) is 2.96. The van der Waals surface area contributed by atoms with E-state index in [1.807, 2.05) is 13.0 Å². The molecule has 1 saturated heterocycles. The molecule has 2 unspecified atom stereocenters. The van der Waals surface area contributed by atoms with E-state index in [2.05, 4.69) is 42.4 Å². The predicted molar refractivity (Wildman–Crippen MR) is 76.5 cm³/mol. The lowest BCUT2D eigenvalue weighted by molar-refractivity contribution is 0.339. The number of nitrogens with one attached hydrogen (secondary N) is 1. The average Bonchev–Trinajstić information content (AvgIpc) is 2.39. The Morgan fingerprint density at radius 3 is 2.94 bits per heavy atom. The number of ether oxygens (including phenoxy) is 1. The Morgan fingerprint density at radius 1 is 1.44 bits per heavy atom. The van der Waals surface area contributed by atoms with Gasteiger partial charge in [0.05, 0.1) is 6.61 Å². The van der Waals surface area contributed by atoms with Crippen molar-refractivity contribution in [3.63, 3.8) is 0 Å². The second-order valence-corrected chi connectivity index (χ2v) is 4.98. The lowest BCUT2D eigenvalue weighted by Crippen LogP contribution is -2.46. The molecule has 18 heavy (non-hydrogen) atoms. The second-order valence-electron chi connectivity index (χ2n) is 4.98. The second kappa shape index (κ2) is 6.10. The van der Waals surface area contributed by atoms with Crippen LogP contribution in [0.4, 0.5) is 5.69 Å². The number of hydrogen-bond donors (Lipinski definition) is 1. The molecule has 1 aromatic carbocycles. The highest BCUT2D eigenvalue weighted by molar-refractivity contribution is 5.52. The summed E-state index contributed by atoms with van der Waals surface area (Å²) in [6, 6.07) is 9.67. The summed E-state index contributed by atoms with van der Waals surface area (Å²) in [5.41, 5.74) is 1.28.